The minimum Gasteiger partial charge on any atom is -0.487 e. The van der Waals surface area contributed by atoms with Crippen LogP contribution in [0.1, 0.15) is 43.7 Å². The first-order valence-corrected chi connectivity index (χ1v) is 12.0. The van der Waals surface area contributed by atoms with Gasteiger partial charge < -0.3 is 4.74 Å². The summed E-state index contributed by atoms with van der Waals surface area (Å²) < 4.78 is 7.56. The fraction of sp³-hybridized carbons (Fsp3) is 0.391. The number of benzene rings is 2. The predicted molar refractivity (Wildman–Crippen MR) is 127 cm³/mol. The van der Waals surface area contributed by atoms with E-state index in [0.717, 1.165) is 32.9 Å². The molecule has 7 heteroatoms. The number of halogens is 3. The van der Waals surface area contributed by atoms with Crippen LogP contribution in [0.3, 0.4) is 0 Å². The molecule has 0 bridgehead atoms. The third-order valence-corrected chi connectivity index (χ3v) is 7.75. The number of rotatable bonds is 6. The molecule has 0 unspecified atom stereocenters. The number of carbonyl (C=O) groups excluding carboxylic acids is 1. The summed E-state index contributed by atoms with van der Waals surface area (Å²) in [6, 6.07) is 11.4. The molecule has 0 aromatic heterocycles. The van der Waals surface area contributed by atoms with Crippen LogP contribution in [0.2, 0.25) is 5.02 Å². The van der Waals surface area contributed by atoms with Gasteiger partial charge in [0.15, 0.2) is 0 Å². The molecule has 2 aliphatic carbocycles. The summed E-state index contributed by atoms with van der Waals surface area (Å²) in [5.74, 6) is 1.39. The van der Waals surface area contributed by atoms with Crippen molar-refractivity contribution in [3.63, 3.8) is 0 Å². The molecule has 2 aromatic rings. The molecule has 30 heavy (non-hydrogen) atoms. The summed E-state index contributed by atoms with van der Waals surface area (Å²) in [7, 11) is 0. The number of hydrogen-bond donors (Lipinski definition) is 1. The van der Waals surface area contributed by atoms with Crippen LogP contribution in [-0.4, -0.2) is 12.1 Å². The lowest BCUT2D eigenvalue weighted by molar-refractivity contribution is -0.123. The van der Waals surface area contributed by atoms with Crippen molar-refractivity contribution < 1.29 is 9.53 Å². The minimum absolute atomic E-state index is 0.0432. The Morgan fingerprint density at radius 2 is 1.97 bits per heavy atom. The number of carbonyl (C=O) groups is 1. The molecular weight excluding hydrogens is 532 g/mol. The highest BCUT2D eigenvalue weighted by Gasteiger charge is 2.64. The largest absolute Gasteiger partial charge is 0.487 e. The van der Waals surface area contributed by atoms with Gasteiger partial charge in [-0.15, -0.1) is 0 Å². The fourth-order valence-corrected chi connectivity index (χ4v) is 6.20. The summed E-state index contributed by atoms with van der Waals surface area (Å²) in [4.78, 5) is 12.5. The maximum atomic E-state index is 12.5. The van der Waals surface area contributed by atoms with E-state index in [1.807, 2.05) is 36.4 Å². The Hall–Kier alpha value is -1.37. The van der Waals surface area contributed by atoms with E-state index in [1.165, 1.54) is 12.8 Å². The molecule has 2 aromatic carbocycles. The zero-order valence-electron chi connectivity index (χ0n) is 16.6. The molecule has 158 valence electrons. The number of nitrogens with zero attached hydrogens (tertiary/aromatic N) is 1. The van der Waals surface area contributed by atoms with Gasteiger partial charge in [0.25, 0.3) is 0 Å². The Kier molecular flexibility index (Phi) is 6.56. The van der Waals surface area contributed by atoms with Crippen LogP contribution in [0.4, 0.5) is 0 Å². The summed E-state index contributed by atoms with van der Waals surface area (Å²) in [5, 5.41) is 4.89. The highest BCUT2D eigenvalue weighted by molar-refractivity contribution is 9.11. The molecule has 2 saturated carbocycles. The van der Waals surface area contributed by atoms with Gasteiger partial charge in [-0.1, -0.05) is 43.5 Å². The van der Waals surface area contributed by atoms with Crippen LogP contribution >= 0.6 is 43.5 Å². The highest BCUT2D eigenvalue weighted by Crippen LogP contribution is 2.66. The van der Waals surface area contributed by atoms with Crippen molar-refractivity contribution in [2.24, 2.45) is 22.4 Å². The second-order valence-electron chi connectivity index (χ2n) is 8.30. The zero-order valence-corrected chi connectivity index (χ0v) is 20.6. The molecule has 0 heterocycles. The van der Waals surface area contributed by atoms with Crippen LogP contribution in [0.5, 0.6) is 5.75 Å². The monoisotopic (exact) mass is 552 g/mol. The van der Waals surface area contributed by atoms with Gasteiger partial charge in [-0.25, -0.2) is 5.43 Å². The van der Waals surface area contributed by atoms with Crippen LogP contribution in [0.25, 0.3) is 0 Å². The lowest BCUT2D eigenvalue weighted by Crippen LogP contribution is -2.22. The van der Waals surface area contributed by atoms with Crippen LogP contribution < -0.4 is 10.2 Å². The van der Waals surface area contributed by atoms with E-state index in [1.54, 1.807) is 6.21 Å². The van der Waals surface area contributed by atoms with Crippen molar-refractivity contribution in [1.82, 2.24) is 5.43 Å². The molecule has 1 N–H and O–H groups in total. The van der Waals surface area contributed by atoms with Gasteiger partial charge in [0, 0.05) is 10.9 Å². The van der Waals surface area contributed by atoms with E-state index in [9.17, 15) is 4.79 Å². The number of hydrogen-bond acceptors (Lipinski definition) is 3. The molecule has 2 aliphatic rings. The molecule has 4 nitrogen and oxygen atoms in total. The Morgan fingerprint density at radius 1 is 1.27 bits per heavy atom. The van der Waals surface area contributed by atoms with Gasteiger partial charge >= 0.3 is 0 Å². The first-order chi connectivity index (χ1) is 14.4. The van der Waals surface area contributed by atoms with Crippen LogP contribution in [0, 0.1) is 17.3 Å². The zero-order chi connectivity index (χ0) is 21.3. The molecule has 0 spiro atoms. The maximum absolute atomic E-state index is 12.5. The fourth-order valence-electron chi connectivity index (χ4n) is 4.62. The van der Waals surface area contributed by atoms with Crippen molar-refractivity contribution in [3.05, 3.63) is 61.5 Å². The van der Waals surface area contributed by atoms with Crippen LogP contribution in [0.15, 0.2) is 50.4 Å². The lowest BCUT2D eigenvalue weighted by atomic mass is 9.90. The Labute approximate surface area is 198 Å². The number of amides is 1. The average molecular weight is 555 g/mol. The van der Waals surface area contributed by atoms with Crippen molar-refractivity contribution >= 4 is 55.6 Å². The third kappa shape index (κ3) is 4.61. The molecular formula is C23H23Br2ClN2O2. The number of ether oxygens (including phenoxy) is 1. The van der Waals surface area contributed by atoms with Gasteiger partial charge in [-0.05, 0) is 91.4 Å². The number of nitrogens with one attached hydrogen (secondary N) is 1. The molecule has 0 aliphatic heterocycles. The van der Waals surface area contributed by atoms with E-state index >= 15 is 0 Å². The highest BCUT2D eigenvalue weighted by atomic mass is 79.9. The van der Waals surface area contributed by atoms with Crippen molar-refractivity contribution in [1.29, 1.82) is 0 Å². The van der Waals surface area contributed by atoms with E-state index in [4.69, 9.17) is 16.3 Å². The van der Waals surface area contributed by atoms with E-state index in [-0.39, 0.29) is 17.2 Å². The minimum atomic E-state index is 0.0432. The smallest absolute Gasteiger partial charge is 0.244 e. The second kappa shape index (κ2) is 9.01. The molecule has 1 amide bonds. The lowest BCUT2D eigenvalue weighted by Gasteiger charge is -2.15. The summed E-state index contributed by atoms with van der Waals surface area (Å²) in [6.45, 7) is 2.67. The standard InChI is InChI=1S/C23H23Br2ClN2O2/c1-23-9-3-2-4-17(23)20(23)22(29)28-27-12-15-10-18(24)21(19(25)11-15)30-13-14-5-7-16(26)8-6-14/h5-8,10-12,17,20H,2-4,9,13H2,1H3,(H,28,29)/b27-12-/t17-,20+,23+/m1/s1. The van der Waals surface area contributed by atoms with E-state index in [2.05, 4.69) is 49.3 Å². The van der Waals surface area contributed by atoms with Gasteiger partial charge in [0.2, 0.25) is 5.91 Å². The van der Waals surface area contributed by atoms with Gasteiger partial charge in [0.05, 0.1) is 15.2 Å². The number of hydrazone groups is 1. The molecule has 0 saturated heterocycles. The number of fused-ring (bicyclic) bond motifs is 1. The quantitative estimate of drug-likeness (QED) is 0.318. The molecule has 2 fully saturated rings. The first-order valence-electron chi connectivity index (χ1n) is 10.1. The molecule has 4 rings (SSSR count). The summed E-state index contributed by atoms with van der Waals surface area (Å²) >= 11 is 13.0. The molecule has 3 atom stereocenters. The second-order valence-corrected chi connectivity index (χ2v) is 10.4. The van der Waals surface area contributed by atoms with Crippen molar-refractivity contribution in [3.8, 4) is 5.75 Å². The summed E-state index contributed by atoms with van der Waals surface area (Å²) in [5.41, 5.74) is 4.81. The first kappa shape index (κ1) is 21.8. The van der Waals surface area contributed by atoms with E-state index in [0.29, 0.717) is 23.3 Å². The molecule has 0 radical (unpaired) electrons. The maximum Gasteiger partial charge on any atom is 0.244 e. The third-order valence-electron chi connectivity index (χ3n) is 6.32. The van der Waals surface area contributed by atoms with Gasteiger partial charge in [0.1, 0.15) is 12.4 Å². The topological polar surface area (TPSA) is 50.7 Å². The van der Waals surface area contributed by atoms with Crippen LogP contribution in [-0.2, 0) is 11.4 Å². The van der Waals surface area contributed by atoms with Gasteiger partial charge in [-0.2, -0.15) is 5.10 Å². The van der Waals surface area contributed by atoms with E-state index < -0.39 is 0 Å². The normalized spacial score (nSPS) is 25.1. The Balaban J connectivity index is 1.36. The average Bonchev–Trinajstić information content (AvgIpc) is 3.34. The SMILES string of the molecule is C[C@]12CCCC[C@@H]1[C@H]2C(=O)N/N=C\c1cc(Br)c(OCc2ccc(Cl)cc2)c(Br)c1. The predicted octanol–water partition coefficient (Wildman–Crippen LogP) is 6.72. The summed E-state index contributed by atoms with van der Waals surface area (Å²) in [6.07, 6.45) is 6.44. The Bertz CT molecular complexity index is 957. The van der Waals surface area contributed by atoms with Crippen molar-refractivity contribution in [2.45, 2.75) is 39.2 Å². The van der Waals surface area contributed by atoms with Gasteiger partial charge in [-0.3, -0.25) is 4.79 Å². The van der Waals surface area contributed by atoms with Crippen molar-refractivity contribution in [2.75, 3.05) is 0 Å². The Morgan fingerprint density at radius 3 is 2.60 bits per heavy atom.